The Labute approximate surface area is 124 Å². The Bertz CT molecular complexity index is 825. The molecule has 0 spiro atoms. The molecule has 0 aliphatic heterocycles. The van der Waals surface area contributed by atoms with E-state index in [1.807, 2.05) is 31.2 Å². The summed E-state index contributed by atoms with van der Waals surface area (Å²) in [7, 11) is 0. The maximum atomic E-state index is 11.2. The van der Waals surface area contributed by atoms with Gasteiger partial charge in [-0.15, -0.1) is 11.3 Å². The van der Waals surface area contributed by atoms with Crippen molar-refractivity contribution in [3.05, 3.63) is 46.6 Å². The van der Waals surface area contributed by atoms with Crippen LogP contribution < -0.4 is 4.74 Å². The highest BCUT2D eigenvalue weighted by atomic mass is 32.1. The molecule has 6 heteroatoms. The number of carbonyl (C=O) groups is 1. The SMILES string of the molecule is Cc1ccc(Oc2ncnc3sc(C(=O)O)c(C)c23)cc1. The molecule has 0 bridgehead atoms. The molecule has 0 saturated heterocycles. The third-order valence-electron chi connectivity index (χ3n) is 3.12. The zero-order valence-electron chi connectivity index (χ0n) is 11.5. The maximum Gasteiger partial charge on any atom is 0.346 e. The number of thiophene rings is 1. The van der Waals surface area contributed by atoms with E-state index in [0.717, 1.165) is 16.9 Å². The number of ether oxygens (including phenoxy) is 1. The topological polar surface area (TPSA) is 72.3 Å². The van der Waals surface area contributed by atoms with Crippen LogP contribution >= 0.6 is 11.3 Å². The van der Waals surface area contributed by atoms with Crippen molar-refractivity contribution in [2.45, 2.75) is 13.8 Å². The van der Waals surface area contributed by atoms with Gasteiger partial charge < -0.3 is 9.84 Å². The zero-order valence-corrected chi connectivity index (χ0v) is 12.3. The van der Waals surface area contributed by atoms with Crippen molar-refractivity contribution in [3.63, 3.8) is 0 Å². The predicted octanol–water partition coefficient (Wildman–Crippen LogP) is 3.80. The predicted molar refractivity (Wildman–Crippen MR) is 80.4 cm³/mol. The normalized spacial score (nSPS) is 10.8. The van der Waals surface area contributed by atoms with Gasteiger partial charge in [-0.2, -0.15) is 0 Å². The van der Waals surface area contributed by atoms with Gasteiger partial charge in [0.25, 0.3) is 0 Å². The Morgan fingerprint density at radius 1 is 1.19 bits per heavy atom. The number of benzene rings is 1. The Morgan fingerprint density at radius 2 is 1.90 bits per heavy atom. The van der Waals surface area contributed by atoms with Gasteiger partial charge in [-0.1, -0.05) is 17.7 Å². The minimum Gasteiger partial charge on any atom is -0.477 e. The van der Waals surface area contributed by atoms with Gasteiger partial charge in [-0.05, 0) is 31.5 Å². The molecule has 0 atom stereocenters. The van der Waals surface area contributed by atoms with E-state index in [4.69, 9.17) is 4.74 Å². The molecular formula is C15H12N2O3S. The highest BCUT2D eigenvalue weighted by Crippen LogP contribution is 2.36. The van der Waals surface area contributed by atoms with Gasteiger partial charge in [0.2, 0.25) is 5.88 Å². The van der Waals surface area contributed by atoms with Gasteiger partial charge in [-0.25, -0.2) is 14.8 Å². The smallest absolute Gasteiger partial charge is 0.346 e. The van der Waals surface area contributed by atoms with Crippen molar-refractivity contribution in [2.75, 3.05) is 0 Å². The zero-order chi connectivity index (χ0) is 15.0. The minimum atomic E-state index is -0.961. The van der Waals surface area contributed by atoms with Crippen LogP contribution in [0.15, 0.2) is 30.6 Å². The van der Waals surface area contributed by atoms with Crippen LogP contribution in [0.2, 0.25) is 0 Å². The van der Waals surface area contributed by atoms with Gasteiger partial charge >= 0.3 is 5.97 Å². The van der Waals surface area contributed by atoms with Crippen LogP contribution in [0.4, 0.5) is 0 Å². The summed E-state index contributed by atoms with van der Waals surface area (Å²) in [4.78, 5) is 20.4. The Balaban J connectivity index is 2.10. The second-order valence-electron chi connectivity index (χ2n) is 4.64. The molecule has 21 heavy (non-hydrogen) atoms. The number of rotatable bonds is 3. The van der Waals surface area contributed by atoms with E-state index in [0.29, 0.717) is 27.4 Å². The average Bonchev–Trinajstić information content (AvgIpc) is 2.80. The van der Waals surface area contributed by atoms with Gasteiger partial charge in [-0.3, -0.25) is 0 Å². The summed E-state index contributed by atoms with van der Waals surface area (Å²) in [6, 6.07) is 7.58. The number of hydrogen-bond acceptors (Lipinski definition) is 5. The van der Waals surface area contributed by atoms with Crippen LogP contribution in [-0.4, -0.2) is 21.0 Å². The van der Waals surface area contributed by atoms with E-state index in [2.05, 4.69) is 9.97 Å². The minimum absolute atomic E-state index is 0.263. The molecule has 3 aromatic rings. The summed E-state index contributed by atoms with van der Waals surface area (Å²) in [5.74, 6) is 0.0740. The number of hydrogen-bond donors (Lipinski definition) is 1. The van der Waals surface area contributed by atoms with E-state index in [9.17, 15) is 9.90 Å². The number of carboxylic acid groups (broad SMARTS) is 1. The van der Waals surface area contributed by atoms with Gasteiger partial charge in [0.15, 0.2) is 0 Å². The quantitative estimate of drug-likeness (QED) is 0.796. The lowest BCUT2D eigenvalue weighted by molar-refractivity contribution is 0.0701. The standard InChI is InChI=1S/C15H12N2O3S/c1-8-3-5-10(6-4-8)20-13-11-9(2)12(15(18)19)21-14(11)17-7-16-13/h3-7H,1-2H3,(H,18,19). The third-order valence-corrected chi connectivity index (χ3v) is 4.31. The lowest BCUT2D eigenvalue weighted by atomic mass is 10.2. The molecule has 1 aromatic carbocycles. The summed E-state index contributed by atoms with van der Waals surface area (Å²) < 4.78 is 5.78. The first-order valence-electron chi connectivity index (χ1n) is 6.28. The molecule has 0 radical (unpaired) electrons. The summed E-state index contributed by atoms with van der Waals surface area (Å²) in [6.07, 6.45) is 1.38. The summed E-state index contributed by atoms with van der Waals surface area (Å²) in [5, 5.41) is 9.85. The Morgan fingerprint density at radius 3 is 2.57 bits per heavy atom. The van der Waals surface area contributed by atoms with Gasteiger partial charge in [0.05, 0.1) is 5.39 Å². The Hall–Kier alpha value is -2.47. The lowest BCUT2D eigenvalue weighted by Crippen LogP contribution is -1.95. The number of aromatic carboxylic acids is 1. The first-order valence-corrected chi connectivity index (χ1v) is 7.10. The summed E-state index contributed by atoms with van der Waals surface area (Å²) in [5.41, 5.74) is 1.76. The van der Waals surface area contributed by atoms with Crippen LogP contribution in [0.3, 0.4) is 0 Å². The fraction of sp³-hybridized carbons (Fsp3) is 0.133. The monoisotopic (exact) mass is 300 g/mol. The van der Waals surface area contributed by atoms with Crippen molar-refractivity contribution in [1.29, 1.82) is 0 Å². The molecule has 0 unspecified atom stereocenters. The van der Waals surface area contributed by atoms with Crippen LogP contribution in [-0.2, 0) is 0 Å². The molecule has 0 aliphatic rings. The molecule has 2 heterocycles. The molecule has 0 saturated carbocycles. The van der Waals surface area contributed by atoms with Crippen LogP contribution in [0.5, 0.6) is 11.6 Å². The molecule has 106 valence electrons. The molecule has 0 amide bonds. The van der Waals surface area contributed by atoms with E-state index >= 15 is 0 Å². The van der Waals surface area contributed by atoms with E-state index < -0.39 is 5.97 Å². The van der Waals surface area contributed by atoms with E-state index in [-0.39, 0.29) is 4.88 Å². The maximum absolute atomic E-state index is 11.2. The summed E-state index contributed by atoms with van der Waals surface area (Å²) in [6.45, 7) is 3.74. The highest BCUT2D eigenvalue weighted by molar-refractivity contribution is 7.20. The molecule has 1 N–H and O–H groups in total. The van der Waals surface area contributed by atoms with Gasteiger partial charge in [0, 0.05) is 0 Å². The molecule has 2 aromatic heterocycles. The average molecular weight is 300 g/mol. The van der Waals surface area contributed by atoms with Crippen molar-refractivity contribution in [1.82, 2.24) is 9.97 Å². The second-order valence-corrected chi connectivity index (χ2v) is 5.63. The fourth-order valence-electron chi connectivity index (χ4n) is 2.04. The number of carboxylic acids is 1. The van der Waals surface area contributed by atoms with Crippen molar-refractivity contribution in [3.8, 4) is 11.6 Å². The molecule has 5 nitrogen and oxygen atoms in total. The molecule has 0 aliphatic carbocycles. The molecule has 3 rings (SSSR count). The van der Waals surface area contributed by atoms with E-state index in [1.54, 1.807) is 6.92 Å². The number of nitrogens with zero attached hydrogens (tertiary/aromatic N) is 2. The van der Waals surface area contributed by atoms with Crippen LogP contribution in [0.1, 0.15) is 20.8 Å². The first-order chi connectivity index (χ1) is 10.1. The molecule has 0 fully saturated rings. The van der Waals surface area contributed by atoms with Gasteiger partial charge in [0.1, 0.15) is 21.8 Å². The summed E-state index contributed by atoms with van der Waals surface area (Å²) >= 11 is 1.13. The largest absolute Gasteiger partial charge is 0.477 e. The number of fused-ring (bicyclic) bond motifs is 1. The fourth-order valence-corrected chi connectivity index (χ4v) is 3.02. The van der Waals surface area contributed by atoms with Crippen LogP contribution in [0, 0.1) is 13.8 Å². The second kappa shape index (κ2) is 5.14. The van der Waals surface area contributed by atoms with Crippen molar-refractivity contribution < 1.29 is 14.6 Å². The highest BCUT2D eigenvalue weighted by Gasteiger charge is 2.19. The number of aromatic nitrogens is 2. The van der Waals surface area contributed by atoms with Crippen LogP contribution in [0.25, 0.3) is 10.2 Å². The van der Waals surface area contributed by atoms with Crippen molar-refractivity contribution >= 4 is 27.5 Å². The first kappa shape index (κ1) is 13.5. The van der Waals surface area contributed by atoms with Crippen molar-refractivity contribution in [2.24, 2.45) is 0 Å². The molecular weight excluding hydrogens is 288 g/mol. The number of aryl methyl sites for hydroxylation is 2. The van der Waals surface area contributed by atoms with E-state index in [1.165, 1.54) is 6.33 Å². The Kier molecular flexibility index (Phi) is 3.31. The lowest BCUT2D eigenvalue weighted by Gasteiger charge is -2.06. The third kappa shape index (κ3) is 2.45.